The summed E-state index contributed by atoms with van der Waals surface area (Å²) in [6.45, 7) is 4.24. The lowest BCUT2D eigenvalue weighted by atomic mass is 10.1. The summed E-state index contributed by atoms with van der Waals surface area (Å²) in [5.74, 6) is 0.537. The summed E-state index contributed by atoms with van der Waals surface area (Å²) in [7, 11) is 0. The summed E-state index contributed by atoms with van der Waals surface area (Å²) in [5.41, 5.74) is 0.999. The summed E-state index contributed by atoms with van der Waals surface area (Å²) >= 11 is 6.51. The third-order valence-corrected chi connectivity index (χ3v) is 4.19. The maximum Gasteiger partial charge on any atom is 0.225 e. The van der Waals surface area contributed by atoms with E-state index in [9.17, 15) is 4.79 Å². The van der Waals surface area contributed by atoms with Crippen LogP contribution < -0.4 is 5.32 Å². The van der Waals surface area contributed by atoms with Crippen LogP contribution >= 0.6 is 23.6 Å². The number of rotatable bonds is 4. The monoisotopic (exact) mass is 272 g/mol. The number of H-pyrrole nitrogens is 1. The normalized spacial score (nSPS) is 19.5. The maximum absolute atomic E-state index is 11.7. The van der Waals surface area contributed by atoms with Gasteiger partial charge in [-0.15, -0.1) is 11.3 Å². The molecule has 4 nitrogen and oxygen atoms in total. The zero-order chi connectivity index (χ0) is 12.3. The zero-order valence-electron chi connectivity index (χ0n) is 9.75. The molecule has 6 heteroatoms. The first-order chi connectivity index (χ1) is 8.15. The molecular weight excluding hydrogens is 256 g/mol. The first-order valence-corrected chi connectivity index (χ1v) is 6.90. The minimum absolute atomic E-state index is 0.0604. The molecule has 0 aromatic carbocycles. The molecule has 0 spiro atoms. The van der Waals surface area contributed by atoms with Crippen molar-refractivity contribution in [3.05, 3.63) is 14.5 Å². The minimum atomic E-state index is 0.0604. The fourth-order valence-electron chi connectivity index (χ4n) is 1.82. The number of nitrogens with one attached hydrogen (secondary N) is 2. The molecule has 1 fully saturated rings. The molecule has 17 heavy (non-hydrogen) atoms. The number of aromatic nitrogens is 1. The first kappa shape index (κ1) is 12.7. The second-order valence-corrected chi connectivity index (χ2v) is 6.05. The van der Waals surface area contributed by atoms with Gasteiger partial charge in [0, 0.05) is 29.6 Å². The number of carbonyl (C=O) groups excluding carboxylic acids is 1. The molecule has 1 aliphatic rings. The number of amides is 1. The summed E-state index contributed by atoms with van der Waals surface area (Å²) in [4.78, 5) is 15.8. The van der Waals surface area contributed by atoms with Gasteiger partial charge in [-0.05, 0) is 25.6 Å². The van der Waals surface area contributed by atoms with Gasteiger partial charge < -0.3 is 15.0 Å². The van der Waals surface area contributed by atoms with Crippen molar-refractivity contribution >= 4 is 29.5 Å². The predicted octanol–water partition coefficient (Wildman–Crippen LogP) is 1.81. The van der Waals surface area contributed by atoms with Crippen LogP contribution in [-0.4, -0.2) is 30.6 Å². The first-order valence-electron chi connectivity index (χ1n) is 5.68. The minimum Gasteiger partial charge on any atom is -0.381 e. The van der Waals surface area contributed by atoms with Gasteiger partial charge in [0.05, 0.1) is 13.0 Å². The molecule has 1 unspecified atom stereocenters. The Labute approximate surface area is 109 Å². The van der Waals surface area contributed by atoms with Crippen molar-refractivity contribution in [3.63, 3.8) is 0 Å². The molecule has 0 saturated carbocycles. The number of thiazole rings is 1. The molecule has 0 bridgehead atoms. The van der Waals surface area contributed by atoms with E-state index in [-0.39, 0.29) is 5.91 Å². The molecule has 0 aliphatic carbocycles. The topological polar surface area (TPSA) is 54.1 Å². The summed E-state index contributed by atoms with van der Waals surface area (Å²) in [6, 6.07) is 0. The Balaban J connectivity index is 1.80. The van der Waals surface area contributed by atoms with Crippen molar-refractivity contribution in [2.45, 2.75) is 19.8 Å². The quantitative estimate of drug-likeness (QED) is 0.822. The largest absolute Gasteiger partial charge is 0.381 e. The van der Waals surface area contributed by atoms with Crippen molar-refractivity contribution in [2.24, 2.45) is 5.92 Å². The van der Waals surface area contributed by atoms with Crippen LogP contribution in [0.5, 0.6) is 0 Å². The van der Waals surface area contributed by atoms with Gasteiger partial charge in [0.25, 0.3) is 0 Å². The van der Waals surface area contributed by atoms with E-state index in [4.69, 9.17) is 17.0 Å². The summed E-state index contributed by atoms with van der Waals surface area (Å²) in [5, 5.41) is 2.95. The van der Waals surface area contributed by atoms with Gasteiger partial charge >= 0.3 is 0 Å². The Kier molecular flexibility index (Phi) is 4.31. The fourth-order valence-corrected chi connectivity index (χ4v) is 3.11. The van der Waals surface area contributed by atoms with Gasteiger partial charge in [0.1, 0.15) is 0 Å². The molecule has 1 aromatic heterocycles. The molecule has 2 rings (SSSR count). The molecule has 0 radical (unpaired) electrons. The van der Waals surface area contributed by atoms with Gasteiger partial charge in [-0.2, -0.15) is 0 Å². The highest BCUT2D eigenvalue weighted by molar-refractivity contribution is 7.73. The van der Waals surface area contributed by atoms with Crippen LogP contribution in [0.2, 0.25) is 0 Å². The highest BCUT2D eigenvalue weighted by Crippen LogP contribution is 2.15. The predicted molar refractivity (Wildman–Crippen MR) is 69.9 cm³/mol. The van der Waals surface area contributed by atoms with E-state index < -0.39 is 0 Å². The molecule has 1 saturated heterocycles. The second kappa shape index (κ2) is 5.75. The van der Waals surface area contributed by atoms with E-state index in [1.54, 1.807) is 0 Å². The molecule has 1 atom stereocenters. The van der Waals surface area contributed by atoms with Gasteiger partial charge in [-0.25, -0.2) is 0 Å². The molecule has 1 aliphatic heterocycles. The fraction of sp³-hybridized carbons (Fsp3) is 0.636. The molecule has 1 aromatic rings. The molecular formula is C11H16N2O2S2. The van der Waals surface area contributed by atoms with E-state index >= 15 is 0 Å². The van der Waals surface area contributed by atoms with E-state index in [0.29, 0.717) is 18.9 Å². The van der Waals surface area contributed by atoms with E-state index in [1.807, 2.05) is 6.92 Å². The Hall–Kier alpha value is -0.720. The summed E-state index contributed by atoms with van der Waals surface area (Å²) in [6.07, 6.45) is 1.46. The van der Waals surface area contributed by atoms with Crippen LogP contribution in [0.1, 0.15) is 17.0 Å². The number of aryl methyl sites for hydroxylation is 1. The van der Waals surface area contributed by atoms with Crippen molar-refractivity contribution < 1.29 is 9.53 Å². The van der Waals surface area contributed by atoms with Crippen LogP contribution in [0.15, 0.2) is 0 Å². The number of carbonyl (C=O) groups is 1. The molecule has 2 N–H and O–H groups in total. The second-order valence-electron chi connectivity index (χ2n) is 4.27. The Morgan fingerprint density at radius 2 is 2.53 bits per heavy atom. The van der Waals surface area contributed by atoms with Gasteiger partial charge in [-0.1, -0.05) is 0 Å². The number of hydrogen-bond donors (Lipinski definition) is 2. The zero-order valence-corrected chi connectivity index (χ0v) is 11.4. The van der Waals surface area contributed by atoms with Crippen LogP contribution in [0.3, 0.4) is 0 Å². The average Bonchev–Trinajstić information content (AvgIpc) is 2.87. The Morgan fingerprint density at radius 3 is 3.12 bits per heavy atom. The summed E-state index contributed by atoms with van der Waals surface area (Å²) < 4.78 is 5.99. The van der Waals surface area contributed by atoms with Crippen LogP contribution in [-0.2, 0) is 16.0 Å². The highest BCUT2D eigenvalue weighted by Gasteiger charge is 2.16. The lowest BCUT2D eigenvalue weighted by molar-refractivity contribution is -0.120. The lowest BCUT2D eigenvalue weighted by Gasteiger charge is -2.08. The van der Waals surface area contributed by atoms with Crippen LogP contribution in [0.25, 0.3) is 0 Å². The third-order valence-electron chi connectivity index (χ3n) is 2.86. The average molecular weight is 272 g/mol. The number of aromatic amines is 1. The molecule has 2 heterocycles. The molecule has 1 amide bonds. The van der Waals surface area contributed by atoms with Crippen molar-refractivity contribution in [1.82, 2.24) is 10.3 Å². The van der Waals surface area contributed by atoms with Gasteiger partial charge in [0.2, 0.25) is 5.91 Å². The van der Waals surface area contributed by atoms with Gasteiger partial charge in [0.15, 0.2) is 3.95 Å². The smallest absolute Gasteiger partial charge is 0.225 e. The Bertz CT molecular complexity index is 447. The third kappa shape index (κ3) is 3.62. The van der Waals surface area contributed by atoms with E-state index in [0.717, 1.165) is 34.2 Å². The van der Waals surface area contributed by atoms with Crippen LogP contribution in [0.4, 0.5) is 0 Å². The number of hydrogen-bond acceptors (Lipinski definition) is 4. The Morgan fingerprint density at radius 1 is 1.71 bits per heavy atom. The van der Waals surface area contributed by atoms with Crippen molar-refractivity contribution in [1.29, 1.82) is 0 Å². The highest BCUT2D eigenvalue weighted by atomic mass is 32.1. The van der Waals surface area contributed by atoms with Crippen molar-refractivity contribution in [2.75, 3.05) is 19.8 Å². The number of ether oxygens (including phenoxy) is 1. The maximum atomic E-state index is 11.7. The lowest BCUT2D eigenvalue weighted by Crippen LogP contribution is -2.30. The van der Waals surface area contributed by atoms with Gasteiger partial charge in [-0.3, -0.25) is 4.79 Å². The molecule has 94 valence electrons. The van der Waals surface area contributed by atoms with E-state index in [1.165, 1.54) is 11.3 Å². The van der Waals surface area contributed by atoms with Crippen LogP contribution in [0, 0.1) is 16.8 Å². The SMILES string of the molecule is Cc1[nH]c(=S)sc1CC(=O)NCC1CCOC1. The standard InChI is InChI=1S/C11H16N2O2S2/c1-7-9(17-11(16)13-7)4-10(14)12-5-8-2-3-15-6-8/h8H,2-6H2,1H3,(H,12,14)(H,13,16). The van der Waals surface area contributed by atoms with Crippen molar-refractivity contribution in [3.8, 4) is 0 Å². The van der Waals surface area contributed by atoms with E-state index in [2.05, 4.69) is 10.3 Å².